The van der Waals surface area contributed by atoms with Crippen LogP contribution in [0.3, 0.4) is 0 Å². The summed E-state index contributed by atoms with van der Waals surface area (Å²) in [6.45, 7) is -0.956. The molecule has 1 aliphatic rings. The number of halogens is 5. The first kappa shape index (κ1) is 24.3. The summed E-state index contributed by atoms with van der Waals surface area (Å²) in [4.78, 5) is 33.6. The lowest BCUT2D eigenvalue weighted by Gasteiger charge is -2.37. The van der Waals surface area contributed by atoms with Crippen molar-refractivity contribution in [3.8, 4) is 11.6 Å². The number of likely N-dealkylation sites (tertiary alicyclic amines) is 1. The van der Waals surface area contributed by atoms with E-state index in [0.29, 0.717) is 5.65 Å². The van der Waals surface area contributed by atoms with Gasteiger partial charge in [-0.25, -0.2) is 28.1 Å². The third-order valence-electron chi connectivity index (χ3n) is 5.66. The smallest absolute Gasteiger partial charge is 0.463 e. The van der Waals surface area contributed by atoms with Crippen molar-refractivity contribution < 1.29 is 41.0 Å². The molecule has 3 aromatic heterocycles. The molecule has 1 aromatic carbocycles. The molecule has 14 heteroatoms. The van der Waals surface area contributed by atoms with Crippen LogP contribution >= 0.6 is 0 Å². The molecule has 0 N–H and O–H groups in total. The number of carbonyl (C=O) groups excluding carboxylic acids is 2. The van der Waals surface area contributed by atoms with Crippen LogP contribution in [0, 0.1) is 0 Å². The molecule has 1 saturated heterocycles. The number of amides is 1. The molecule has 0 unspecified atom stereocenters. The zero-order valence-corrected chi connectivity index (χ0v) is 18.7. The fourth-order valence-electron chi connectivity index (χ4n) is 3.80. The molecule has 0 radical (unpaired) electrons. The first-order chi connectivity index (χ1) is 17.5. The van der Waals surface area contributed by atoms with Crippen LogP contribution < -0.4 is 9.47 Å². The minimum Gasteiger partial charge on any atom is -0.463 e. The van der Waals surface area contributed by atoms with Gasteiger partial charge in [0.2, 0.25) is 0 Å². The number of aromatic nitrogens is 4. The number of pyridine rings is 1. The second kappa shape index (κ2) is 8.94. The van der Waals surface area contributed by atoms with Crippen LogP contribution in [0.15, 0.2) is 54.9 Å². The van der Waals surface area contributed by atoms with E-state index in [1.54, 1.807) is 24.4 Å². The lowest BCUT2D eigenvalue weighted by atomic mass is 10.0. The highest BCUT2D eigenvalue weighted by Gasteiger charge is 2.48. The molecule has 5 rings (SSSR count). The summed E-state index contributed by atoms with van der Waals surface area (Å²) < 4.78 is 79.3. The number of fused-ring (bicyclic) bond motifs is 2. The van der Waals surface area contributed by atoms with Crippen LogP contribution in [0.5, 0.6) is 11.6 Å². The topological polar surface area (TPSA) is 98.9 Å². The van der Waals surface area contributed by atoms with E-state index in [-0.39, 0.29) is 23.1 Å². The highest BCUT2D eigenvalue weighted by Crippen LogP contribution is 2.37. The molecule has 1 aliphatic heterocycles. The fraction of sp³-hybridized carbons (Fsp3) is 0.261. The number of para-hydroxylation sites is 1. The van der Waals surface area contributed by atoms with Crippen LogP contribution in [-0.2, 0) is 4.79 Å². The summed E-state index contributed by atoms with van der Waals surface area (Å²) in [6.07, 6.45) is -5.08. The number of alkyl halides is 5. The van der Waals surface area contributed by atoms with E-state index in [0.717, 1.165) is 11.0 Å². The SMILES string of the molecule is O=C(c1cc2ncccn2n1)N1CCC(F)(F)[C@@H](Oc2nc3ccccc3cc2OC(=O)C(F)(F)F)C1. The Bertz CT molecular complexity index is 1470. The fourth-order valence-corrected chi connectivity index (χ4v) is 3.80. The number of hydrogen-bond acceptors (Lipinski definition) is 7. The van der Waals surface area contributed by atoms with Gasteiger partial charge in [0.1, 0.15) is 0 Å². The number of benzene rings is 1. The van der Waals surface area contributed by atoms with E-state index in [1.807, 2.05) is 0 Å². The Hall–Kier alpha value is -4.36. The van der Waals surface area contributed by atoms with Crippen molar-refractivity contribution in [1.82, 2.24) is 24.5 Å². The average Bonchev–Trinajstić information content (AvgIpc) is 3.29. The average molecular weight is 521 g/mol. The zero-order valence-electron chi connectivity index (χ0n) is 18.7. The van der Waals surface area contributed by atoms with Crippen molar-refractivity contribution in [3.05, 3.63) is 60.6 Å². The number of ether oxygens (including phenoxy) is 2. The predicted octanol–water partition coefficient (Wildman–Crippen LogP) is 3.67. The monoisotopic (exact) mass is 521 g/mol. The minimum atomic E-state index is -5.34. The molecule has 1 amide bonds. The number of hydrogen-bond donors (Lipinski definition) is 0. The Labute approximate surface area is 204 Å². The van der Waals surface area contributed by atoms with Gasteiger partial charge in [-0.15, -0.1) is 0 Å². The summed E-state index contributed by atoms with van der Waals surface area (Å²) in [6, 6.07) is 10.1. The lowest BCUT2D eigenvalue weighted by molar-refractivity contribution is -0.190. The third-order valence-corrected chi connectivity index (χ3v) is 5.66. The Balaban J connectivity index is 1.44. The molecule has 0 spiro atoms. The lowest BCUT2D eigenvalue weighted by Crippen LogP contribution is -2.55. The maximum absolute atomic E-state index is 14.9. The van der Waals surface area contributed by atoms with E-state index in [2.05, 4.69) is 19.8 Å². The van der Waals surface area contributed by atoms with Gasteiger partial charge in [-0.05, 0) is 18.2 Å². The normalized spacial score (nSPS) is 17.6. The standard InChI is InChI=1S/C23H16F5N5O4/c24-22(25)6-9-32(20(34)15-11-18-29-7-3-8-33(18)31-15)12-17(22)37-19-16(36-21(35)23(26,27)28)10-13-4-1-2-5-14(13)30-19/h1-5,7-8,10-11,17H,6,9,12H2/t17-/m0/s1. The Morgan fingerprint density at radius 1 is 1.11 bits per heavy atom. The first-order valence-corrected chi connectivity index (χ1v) is 10.8. The van der Waals surface area contributed by atoms with Gasteiger partial charge in [-0.1, -0.05) is 18.2 Å². The maximum atomic E-state index is 14.9. The molecular formula is C23H16F5N5O4. The second-order valence-electron chi connectivity index (χ2n) is 8.19. The highest BCUT2D eigenvalue weighted by atomic mass is 19.4. The number of rotatable bonds is 4. The molecule has 0 bridgehead atoms. The molecular weight excluding hydrogens is 505 g/mol. The minimum absolute atomic E-state index is 0.0358. The molecule has 1 atom stereocenters. The molecule has 4 heterocycles. The van der Waals surface area contributed by atoms with Crippen molar-refractivity contribution in [1.29, 1.82) is 0 Å². The predicted molar refractivity (Wildman–Crippen MR) is 116 cm³/mol. The summed E-state index contributed by atoms with van der Waals surface area (Å²) >= 11 is 0. The summed E-state index contributed by atoms with van der Waals surface area (Å²) in [5.41, 5.74) is 0.539. The van der Waals surface area contributed by atoms with Crippen LogP contribution in [0.25, 0.3) is 16.6 Å². The van der Waals surface area contributed by atoms with E-state index >= 15 is 0 Å². The van der Waals surface area contributed by atoms with Gasteiger partial charge in [0.25, 0.3) is 17.7 Å². The van der Waals surface area contributed by atoms with Crippen molar-refractivity contribution in [3.63, 3.8) is 0 Å². The van der Waals surface area contributed by atoms with Gasteiger partial charge in [-0.2, -0.15) is 18.3 Å². The summed E-state index contributed by atoms with van der Waals surface area (Å²) in [7, 11) is 0. The maximum Gasteiger partial charge on any atom is 0.491 e. The van der Waals surface area contributed by atoms with Crippen molar-refractivity contribution in [2.45, 2.75) is 24.6 Å². The van der Waals surface area contributed by atoms with Crippen LogP contribution in [0.2, 0.25) is 0 Å². The highest BCUT2D eigenvalue weighted by molar-refractivity contribution is 5.93. The molecule has 0 saturated carbocycles. The van der Waals surface area contributed by atoms with Gasteiger partial charge < -0.3 is 14.4 Å². The first-order valence-electron chi connectivity index (χ1n) is 10.8. The van der Waals surface area contributed by atoms with Gasteiger partial charge in [-0.3, -0.25) is 4.79 Å². The molecule has 1 fully saturated rings. The van der Waals surface area contributed by atoms with E-state index < -0.39 is 54.7 Å². The Morgan fingerprint density at radius 3 is 2.65 bits per heavy atom. The number of piperidine rings is 1. The second-order valence-corrected chi connectivity index (χ2v) is 8.19. The van der Waals surface area contributed by atoms with E-state index in [4.69, 9.17) is 4.74 Å². The molecule has 0 aliphatic carbocycles. The quantitative estimate of drug-likeness (QED) is 0.299. The van der Waals surface area contributed by atoms with Crippen LogP contribution in [0.4, 0.5) is 22.0 Å². The summed E-state index contributed by atoms with van der Waals surface area (Å²) in [5, 5.41) is 4.38. The van der Waals surface area contributed by atoms with Crippen LogP contribution in [-0.4, -0.2) is 67.7 Å². The number of esters is 1. The third kappa shape index (κ3) is 4.86. The van der Waals surface area contributed by atoms with Crippen molar-refractivity contribution in [2.75, 3.05) is 13.1 Å². The van der Waals surface area contributed by atoms with Crippen molar-refractivity contribution in [2.24, 2.45) is 0 Å². The van der Waals surface area contributed by atoms with Crippen molar-refractivity contribution >= 4 is 28.4 Å². The number of nitrogens with zero attached hydrogens (tertiary/aromatic N) is 5. The zero-order chi connectivity index (χ0) is 26.4. The summed E-state index contributed by atoms with van der Waals surface area (Å²) in [5.74, 6) is -8.23. The molecule has 37 heavy (non-hydrogen) atoms. The number of carbonyl (C=O) groups is 2. The van der Waals surface area contributed by atoms with Gasteiger partial charge >= 0.3 is 12.1 Å². The molecule has 192 valence electrons. The molecule has 4 aromatic rings. The Kier molecular flexibility index (Phi) is 5.88. The van der Waals surface area contributed by atoms with E-state index in [1.165, 1.54) is 28.9 Å². The van der Waals surface area contributed by atoms with Gasteiger partial charge in [0.05, 0.1) is 12.1 Å². The van der Waals surface area contributed by atoms with Crippen LogP contribution in [0.1, 0.15) is 16.9 Å². The van der Waals surface area contributed by atoms with E-state index in [9.17, 15) is 31.5 Å². The molecule has 9 nitrogen and oxygen atoms in total. The Morgan fingerprint density at radius 2 is 1.89 bits per heavy atom. The van der Waals surface area contributed by atoms with Gasteiger partial charge in [0.15, 0.2) is 23.2 Å². The largest absolute Gasteiger partial charge is 0.491 e. The van der Waals surface area contributed by atoms with Gasteiger partial charge in [0, 0.05) is 36.8 Å².